The van der Waals surface area contributed by atoms with Gasteiger partial charge < -0.3 is 10.4 Å². The van der Waals surface area contributed by atoms with Crippen molar-refractivity contribution in [3.63, 3.8) is 0 Å². The van der Waals surface area contributed by atoms with Gasteiger partial charge >= 0.3 is 0 Å². The molecular formula is C13H15ClN2O. The summed E-state index contributed by atoms with van der Waals surface area (Å²) >= 11 is 6.07. The molecule has 1 aromatic rings. The Balaban J connectivity index is 2.14. The van der Waals surface area contributed by atoms with Gasteiger partial charge in [-0.2, -0.15) is 5.26 Å². The molecule has 0 radical (unpaired) electrons. The summed E-state index contributed by atoms with van der Waals surface area (Å²) in [7, 11) is 0. The summed E-state index contributed by atoms with van der Waals surface area (Å²) in [6, 6.07) is 7.24. The quantitative estimate of drug-likeness (QED) is 0.849. The van der Waals surface area contributed by atoms with Crippen molar-refractivity contribution in [3.05, 3.63) is 28.8 Å². The Morgan fingerprint density at radius 1 is 1.35 bits per heavy atom. The number of nitriles is 1. The van der Waals surface area contributed by atoms with Gasteiger partial charge in [-0.1, -0.05) is 24.4 Å². The van der Waals surface area contributed by atoms with Crippen LogP contribution in [0.5, 0.6) is 0 Å². The van der Waals surface area contributed by atoms with E-state index in [9.17, 15) is 5.11 Å². The Morgan fingerprint density at radius 2 is 2.12 bits per heavy atom. The Hall–Kier alpha value is -1.24. The highest BCUT2D eigenvalue weighted by molar-refractivity contribution is 6.33. The standard InChI is InChI=1S/C13H15ClN2O/c14-10-6-5-9(8-15)7-12(10)16-11-3-1-2-4-13(11)17/h5-7,11,13,16-17H,1-4H2/t11-,13-/m1/s1. The molecule has 1 aromatic carbocycles. The first-order chi connectivity index (χ1) is 8.20. The van der Waals surface area contributed by atoms with Crippen LogP contribution in [0.2, 0.25) is 5.02 Å². The lowest BCUT2D eigenvalue weighted by Gasteiger charge is -2.29. The lowest BCUT2D eigenvalue weighted by molar-refractivity contribution is 0.116. The van der Waals surface area contributed by atoms with Crippen molar-refractivity contribution in [2.75, 3.05) is 5.32 Å². The van der Waals surface area contributed by atoms with Gasteiger partial charge in [0.15, 0.2) is 0 Å². The molecule has 0 saturated heterocycles. The molecule has 0 spiro atoms. The van der Waals surface area contributed by atoms with E-state index in [0.29, 0.717) is 10.6 Å². The summed E-state index contributed by atoms with van der Waals surface area (Å²) in [6.07, 6.45) is 3.63. The fraction of sp³-hybridized carbons (Fsp3) is 0.462. The Kier molecular flexibility index (Phi) is 3.88. The summed E-state index contributed by atoms with van der Waals surface area (Å²) in [5, 5.41) is 22.5. The number of nitrogens with one attached hydrogen (secondary N) is 1. The van der Waals surface area contributed by atoms with E-state index in [2.05, 4.69) is 11.4 Å². The van der Waals surface area contributed by atoms with Crippen LogP contribution < -0.4 is 5.32 Å². The van der Waals surface area contributed by atoms with E-state index < -0.39 is 0 Å². The van der Waals surface area contributed by atoms with E-state index in [1.807, 2.05) is 0 Å². The first-order valence-electron chi connectivity index (χ1n) is 5.85. The third-order valence-corrected chi connectivity index (χ3v) is 3.50. The van der Waals surface area contributed by atoms with E-state index in [1.54, 1.807) is 18.2 Å². The summed E-state index contributed by atoms with van der Waals surface area (Å²) in [5.41, 5.74) is 1.30. The van der Waals surface area contributed by atoms with Crippen LogP contribution >= 0.6 is 11.6 Å². The predicted octanol–water partition coefficient (Wildman–Crippen LogP) is 2.93. The fourth-order valence-electron chi connectivity index (χ4n) is 2.18. The van der Waals surface area contributed by atoms with E-state index in [4.69, 9.17) is 16.9 Å². The van der Waals surface area contributed by atoms with Crippen LogP contribution in [0.15, 0.2) is 18.2 Å². The van der Waals surface area contributed by atoms with Gasteiger partial charge in [-0.15, -0.1) is 0 Å². The van der Waals surface area contributed by atoms with Crippen LogP contribution in [0.4, 0.5) is 5.69 Å². The SMILES string of the molecule is N#Cc1ccc(Cl)c(N[C@@H]2CCCC[C@H]2O)c1. The molecule has 1 fully saturated rings. The monoisotopic (exact) mass is 250 g/mol. The molecule has 0 aliphatic heterocycles. The van der Waals surface area contributed by atoms with E-state index in [1.165, 1.54) is 0 Å². The molecule has 0 unspecified atom stereocenters. The minimum Gasteiger partial charge on any atom is -0.391 e. The molecule has 0 heterocycles. The van der Waals surface area contributed by atoms with Crippen LogP contribution in [0, 0.1) is 11.3 Å². The van der Waals surface area contributed by atoms with Crippen LogP contribution in [0.3, 0.4) is 0 Å². The van der Waals surface area contributed by atoms with Crippen molar-refractivity contribution < 1.29 is 5.11 Å². The maximum Gasteiger partial charge on any atom is 0.0992 e. The minimum atomic E-state index is -0.328. The second-order valence-electron chi connectivity index (χ2n) is 4.41. The molecule has 1 aliphatic carbocycles. The number of nitrogens with zero attached hydrogens (tertiary/aromatic N) is 1. The third-order valence-electron chi connectivity index (χ3n) is 3.17. The van der Waals surface area contributed by atoms with Crippen molar-refractivity contribution in [1.82, 2.24) is 0 Å². The average molecular weight is 251 g/mol. The topological polar surface area (TPSA) is 56.0 Å². The lowest BCUT2D eigenvalue weighted by Crippen LogP contribution is -2.36. The number of aliphatic hydroxyl groups is 1. The zero-order chi connectivity index (χ0) is 12.3. The minimum absolute atomic E-state index is 0.0372. The molecule has 2 N–H and O–H groups in total. The lowest BCUT2D eigenvalue weighted by atomic mass is 9.92. The Morgan fingerprint density at radius 3 is 2.82 bits per heavy atom. The largest absolute Gasteiger partial charge is 0.391 e. The van der Waals surface area contributed by atoms with Gasteiger partial charge in [0.2, 0.25) is 0 Å². The summed E-state index contributed by atoms with van der Waals surface area (Å²) < 4.78 is 0. The van der Waals surface area contributed by atoms with Crippen LogP contribution in [0.25, 0.3) is 0 Å². The van der Waals surface area contributed by atoms with Crippen molar-refractivity contribution in [1.29, 1.82) is 5.26 Å². The van der Waals surface area contributed by atoms with Gasteiger partial charge in [-0.3, -0.25) is 0 Å². The number of benzene rings is 1. The smallest absolute Gasteiger partial charge is 0.0992 e. The summed E-state index contributed by atoms with van der Waals surface area (Å²) in [5.74, 6) is 0. The number of anilines is 1. The number of hydrogen-bond donors (Lipinski definition) is 2. The van der Waals surface area contributed by atoms with Crippen molar-refractivity contribution >= 4 is 17.3 Å². The normalized spacial score (nSPS) is 24.1. The maximum absolute atomic E-state index is 9.88. The third kappa shape index (κ3) is 2.91. The van der Waals surface area contributed by atoms with Gasteiger partial charge in [0.1, 0.15) is 0 Å². The van der Waals surface area contributed by atoms with E-state index in [-0.39, 0.29) is 12.1 Å². The second kappa shape index (κ2) is 5.39. The molecule has 3 nitrogen and oxygen atoms in total. The van der Waals surface area contributed by atoms with Crippen molar-refractivity contribution in [2.45, 2.75) is 37.8 Å². The van der Waals surface area contributed by atoms with Gasteiger partial charge in [0.25, 0.3) is 0 Å². The number of hydrogen-bond acceptors (Lipinski definition) is 3. The average Bonchev–Trinajstić information content (AvgIpc) is 2.35. The molecule has 1 saturated carbocycles. The van der Waals surface area contributed by atoms with Gasteiger partial charge in [0.05, 0.1) is 34.5 Å². The first kappa shape index (κ1) is 12.2. The maximum atomic E-state index is 9.88. The highest BCUT2D eigenvalue weighted by Crippen LogP contribution is 2.27. The summed E-state index contributed by atoms with van der Waals surface area (Å²) in [6.45, 7) is 0. The molecule has 2 rings (SSSR count). The molecule has 0 aromatic heterocycles. The van der Waals surface area contributed by atoms with Crippen LogP contribution in [0.1, 0.15) is 31.2 Å². The fourth-order valence-corrected chi connectivity index (χ4v) is 2.36. The molecule has 0 bridgehead atoms. The molecule has 0 amide bonds. The number of aliphatic hydroxyl groups excluding tert-OH is 1. The molecular weight excluding hydrogens is 236 g/mol. The molecule has 4 heteroatoms. The first-order valence-corrected chi connectivity index (χ1v) is 6.23. The predicted molar refractivity (Wildman–Crippen MR) is 68.1 cm³/mol. The van der Waals surface area contributed by atoms with Gasteiger partial charge in [-0.25, -0.2) is 0 Å². The van der Waals surface area contributed by atoms with E-state index in [0.717, 1.165) is 31.4 Å². The summed E-state index contributed by atoms with van der Waals surface area (Å²) in [4.78, 5) is 0. The second-order valence-corrected chi connectivity index (χ2v) is 4.82. The molecule has 17 heavy (non-hydrogen) atoms. The van der Waals surface area contributed by atoms with Gasteiger partial charge in [0, 0.05) is 0 Å². The molecule has 1 aliphatic rings. The highest BCUT2D eigenvalue weighted by Gasteiger charge is 2.23. The Labute approximate surface area is 106 Å². The van der Waals surface area contributed by atoms with Crippen molar-refractivity contribution in [2.24, 2.45) is 0 Å². The van der Waals surface area contributed by atoms with Crippen LogP contribution in [-0.4, -0.2) is 17.3 Å². The van der Waals surface area contributed by atoms with Crippen molar-refractivity contribution in [3.8, 4) is 6.07 Å². The molecule has 2 atom stereocenters. The number of halogens is 1. The zero-order valence-electron chi connectivity index (χ0n) is 9.49. The van der Waals surface area contributed by atoms with E-state index >= 15 is 0 Å². The zero-order valence-corrected chi connectivity index (χ0v) is 10.2. The van der Waals surface area contributed by atoms with Crippen LogP contribution in [-0.2, 0) is 0 Å². The molecule has 90 valence electrons. The highest BCUT2D eigenvalue weighted by atomic mass is 35.5. The Bertz CT molecular complexity index is 442. The van der Waals surface area contributed by atoms with Gasteiger partial charge in [-0.05, 0) is 31.0 Å². The number of rotatable bonds is 2.